The predicted octanol–water partition coefficient (Wildman–Crippen LogP) is 15.2. The second-order valence-electron chi connectivity index (χ2n) is 17.8. The fraction of sp³-hybridized carbons (Fsp3) is 0.941. The summed E-state index contributed by atoms with van der Waals surface area (Å²) in [5.74, 6) is -0.283. The Balaban J connectivity index is 3.55. The van der Waals surface area contributed by atoms with E-state index < -0.39 is 18.2 Å². The Morgan fingerprint density at radius 1 is 0.429 bits per heavy atom. The van der Waals surface area contributed by atoms with E-state index in [9.17, 15) is 20.1 Å². The molecular formula is C51H101NO4. The van der Waals surface area contributed by atoms with E-state index in [-0.39, 0.29) is 18.9 Å². The molecule has 0 radical (unpaired) electrons. The summed E-state index contributed by atoms with van der Waals surface area (Å²) in [4.78, 5) is 12.5. The summed E-state index contributed by atoms with van der Waals surface area (Å²) in [5, 5.41) is 33.5. The monoisotopic (exact) mass is 792 g/mol. The minimum absolute atomic E-state index is 0.0341. The van der Waals surface area contributed by atoms with Gasteiger partial charge in [-0.2, -0.15) is 0 Å². The minimum Gasteiger partial charge on any atom is -0.394 e. The molecule has 0 aliphatic rings. The summed E-state index contributed by atoms with van der Waals surface area (Å²) < 4.78 is 0. The topological polar surface area (TPSA) is 89.8 Å². The van der Waals surface area contributed by atoms with Crippen molar-refractivity contribution in [2.75, 3.05) is 6.61 Å². The quantitative estimate of drug-likeness (QED) is 0.0365. The average Bonchev–Trinajstić information content (AvgIpc) is 3.19. The van der Waals surface area contributed by atoms with E-state index in [1.54, 1.807) is 0 Å². The van der Waals surface area contributed by atoms with Crippen molar-refractivity contribution >= 4 is 5.91 Å². The highest BCUT2D eigenvalue weighted by molar-refractivity contribution is 5.76. The molecule has 5 nitrogen and oxygen atoms in total. The van der Waals surface area contributed by atoms with E-state index in [4.69, 9.17) is 0 Å². The number of rotatable bonds is 47. The second kappa shape index (κ2) is 46.8. The van der Waals surface area contributed by atoms with Crippen LogP contribution >= 0.6 is 0 Å². The van der Waals surface area contributed by atoms with Crippen LogP contribution in [0.4, 0.5) is 0 Å². The number of aliphatic hydroxyl groups excluding tert-OH is 3. The van der Waals surface area contributed by atoms with Crippen molar-refractivity contribution in [3.8, 4) is 0 Å². The molecular weight excluding hydrogens is 691 g/mol. The zero-order valence-electron chi connectivity index (χ0n) is 38.0. The smallest absolute Gasteiger partial charge is 0.222 e. The molecule has 0 aromatic rings. The van der Waals surface area contributed by atoms with Crippen LogP contribution in [-0.2, 0) is 4.79 Å². The predicted molar refractivity (Wildman–Crippen MR) is 245 cm³/mol. The first-order chi connectivity index (χ1) is 27.5. The Bertz CT molecular complexity index is 788. The lowest BCUT2D eigenvalue weighted by atomic mass is 10.0. The van der Waals surface area contributed by atoms with Gasteiger partial charge >= 0.3 is 0 Å². The number of unbranched alkanes of at least 4 members (excludes halogenated alkanes) is 36. The highest BCUT2D eigenvalue weighted by Crippen LogP contribution is 2.17. The summed E-state index contributed by atoms with van der Waals surface area (Å²) in [6.45, 7) is 4.29. The Kier molecular flexibility index (Phi) is 46.0. The molecule has 0 fully saturated rings. The van der Waals surface area contributed by atoms with Crippen molar-refractivity contribution in [1.29, 1.82) is 0 Å². The molecule has 0 saturated carbocycles. The molecule has 0 aliphatic carbocycles. The van der Waals surface area contributed by atoms with Crippen LogP contribution in [0.2, 0.25) is 0 Å². The van der Waals surface area contributed by atoms with Gasteiger partial charge < -0.3 is 20.6 Å². The first-order valence-corrected chi connectivity index (χ1v) is 25.5. The summed E-state index contributed by atoms with van der Waals surface area (Å²) in [5.41, 5.74) is 0. The molecule has 334 valence electrons. The van der Waals surface area contributed by atoms with Crippen LogP contribution in [0.15, 0.2) is 12.2 Å². The standard InChI is InChI=1S/C51H101NO4/c1-3-5-7-9-11-13-15-17-19-21-23-24-25-26-27-29-31-33-35-37-39-41-43-45-50(55)49(47-53)52-51(56)46-48(54)44-42-40-38-36-34-32-30-28-22-20-18-16-14-12-10-8-6-4-2/h28,30,48-50,53-55H,3-27,29,31-47H2,1-2H3,(H,52,56)/b30-28-. The summed E-state index contributed by atoms with van der Waals surface area (Å²) >= 11 is 0. The first-order valence-electron chi connectivity index (χ1n) is 25.5. The minimum atomic E-state index is -0.749. The molecule has 4 N–H and O–H groups in total. The molecule has 5 heteroatoms. The molecule has 3 atom stereocenters. The van der Waals surface area contributed by atoms with Crippen molar-refractivity contribution in [3.05, 3.63) is 12.2 Å². The maximum atomic E-state index is 12.5. The van der Waals surface area contributed by atoms with E-state index in [2.05, 4.69) is 31.3 Å². The largest absolute Gasteiger partial charge is 0.394 e. The third kappa shape index (κ3) is 42.7. The van der Waals surface area contributed by atoms with E-state index in [0.717, 1.165) is 32.1 Å². The molecule has 0 aromatic carbocycles. The Labute approximate surface area is 350 Å². The average molecular weight is 792 g/mol. The molecule has 0 heterocycles. The third-order valence-corrected chi connectivity index (χ3v) is 12.1. The number of carbonyl (C=O) groups excluding carboxylic acids is 1. The fourth-order valence-corrected chi connectivity index (χ4v) is 8.17. The molecule has 0 spiro atoms. The maximum Gasteiger partial charge on any atom is 0.222 e. The number of aliphatic hydroxyl groups is 3. The van der Waals surface area contributed by atoms with Gasteiger partial charge in [0.1, 0.15) is 0 Å². The van der Waals surface area contributed by atoms with Gasteiger partial charge in [-0.05, 0) is 38.5 Å². The fourth-order valence-electron chi connectivity index (χ4n) is 8.17. The third-order valence-electron chi connectivity index (χ3n) is 12.1. The number of nitrogens with one attached hydrogen (secondary N) is 1. The summed E-state index contributed by atoms with van der Waals surface area (Å²) in [6.07, 6.45) is 56.3. The van der Waals surface area contributed by atoms with E-state index >= 15 is 0 Å². The van der Waals surface area contributed by atoms with Crippen molar-refractivity contribution in [3.63, 3.8) is 0 Å². The second-order valence-corrected chi connectivity index (χ2v) is 17.8. The highest BCUT2D eigenvalue weighted by Gasteiger charge is 2.21. The zero-order valence-corrected chi connectivity index (χ0v) is 38.0. The van der Waals surface area contributed by atoms with Gasteiger partial charge in [0, 0.05) is 0 Å². The summed E-state index contributed by atoms with van der Waals surface area (Å²) in [7, 11) is 0. The normalized spacial score (nSPS) is 13.4. The van der Waals surface area contributed by atoms with Crippen LogP contribution in [0.3, 0.4) is 0 Å². The van der Waals surface area contributed by atoms with E-state index in [1.165, 1.54) is 218 Å². The lowest BCUT2D eigenvalue weighted by Crippen LogP contribution is -2.46. The Morgan fingerprint density at radius 3 is 1.04 bits per heavy atom. The highest BCUT2D eigenvalue weighted by atomic mass is 16.3. The SMILES string of the molecule is CCCCCCCCCCC/C=C\CCCCCCCC(O)CC(=O)NC(CO)C(O)CCCCCCCCCCCCCCCCCCCCCCCCC. The van der Waals surface area contributed by atoms with Crippen LogP contribution < -0.4 is 5.32 Å². The Hall–Kier alpha value is -0.910. The van der Waals surface area contributed by atoms with Gasteiger partial charge in [-0.15, -0.1) is 0 Å². The molecule has 0 aromatic heterocycles. The van der Waals surface area contributed by atoms with Crippen molar-refractivity contribution in [2.45, 2.75) is 302 Å². The van der Waals surface area contributed by atoms with Crippen molar-refractivity contribution in [2.24, 2.45) is 0 Å². The van der Waals surface area contributed by atoms with Crippen molar-refractivity contribution < 1.29 is 20.1 Å². The first kappa shape index (κ1) is 55.1. The van der Waals surface area contributed by atoms with Gasteiger partial charge in [-0.1, -0.05) is 251 Å². The summed E-state index contributed by atoms with van der Waals surface area (Å²) in [6, 6.07) is -0.659. The van der Waals surface area contributed by atoms with E-state index in [0.29, 0.717) is 12.8 Å². The van der Waals surface area contributed by atoms with Gasteiger partial charge in [0.25, 0.3) is 0 Å². The van der Waals surface area contributed by atoms with E-state index in [1.807, 2.05) is 0 Å². The number of allylic oxidation sites excluding steroid dienone is 2. The molecule has 56 heavy (non-hydrogen) atoms. The van der Waals surface area contributed by atoms with Gasteiger partial charge in [0.05, 0.1) is 31.3 Å². The number of hydrogen-bond acceptors (Lipinski definition) is 4. The lowest BCUT2D eigenvalue weighted by molar-refractivity contribution is -0.125. The molecule has 0 bridgehead atoms. The molecule has 0 aliphatic heterocycles. The molecule has 3 unspecified atom stereocenters. The maximum absolute atomic E-state index is 12.5. The lowest BCUT2D eigenvalue weighted by Gasteiger charge is -2.23. The number of hydrogen-bond donors (Lipinski definition) is 4. The van der Waals surface area contributed by atoms with Crippen LogP contribution in [-0.4, -0.2) is 46.1 Å². The van der Waals surface area contributed by atoms with Gasteiger partial charge in [0.2, 0.25) is 5.91 Å². The number of carbonyl (C=O) groups is 1. The van der Waals surface area contributed by atoms with Crippen LogP contribution in [0, 0.1) is 0 Å². The van der Waals surface area contributed by atoms with Crippen LogP contribution in [0.1, 0.15) is 284 Å². The number of amides is 1. The Morgan fingerprint density at radius 2 is 0.714 bits per heavy atom. The molecule has 0 rings (SSSR count). The molecule has 1 amide bonds. The van der Waals surface area contributed by atoms with Crippen molar-refractivity contribution in [1.82, 2.24) is 5.32 Å². The van der Waals surface area contributed by atoms with Gasteiger partial charge in [-0.3, -0.25) is 4.79 Å². The van der Waals surface area contributed by atoms with Gasteiger partial charge in [0.15, 0.2) is 0 Å². The zero-order chi connectivity index (χ0) is 40.8. The van der Waals surface area contributed by atoms with Gasteiger partial charge in [-0.25, -0.2) is 0 Å². The van der Waals surface area contributed by atoms with Crippen LogP contribution in [0.25, 0.3) is 0 Å². The molecule has 0 saturated heterocycles. The van der Waals surface area contributed by atoms with Crippen LogP contribution in [0.5, 0.6) is 0 Å².